The van der Waals surface area contributed by atoms with Gasteiger partial charge in [-0.05, 0) is 68.4 Å². The van der Waals surface area contributed by atoms with Gasteiger partial charge in [0, 0.05) is 0 Å². The maximum Gasteiger partial charge on any atom is 0.320 e. The topological polar surface area (TPSA) is 63.3 Å². The maximum atomic E-state index is 10.7. The van der Waals surface area contributed by atoms with E-state index in [1.54, 1.807) is 0 Å². The SMILES string of the molecule is Cc1cc(C)c(C)c(CCC(N)C(=O)O)c1C. The highest BCUT2D eigenvalue weighted by atomic mass is 16.4. The Balaban J connectivity index is 2.95. The lowest BCUT2D eigenvalue weighted by molar-refractivity contribution is -0.138. The van der Waals surface area contributed by atoms with Gasteiger partial charge in [0.15, 0.2) is 0 Å². The first-order valence-corrected chi connectivity index (χ1v) is 5.89. The third-order valence-corrected chi connectivity index (χ3v) is 3.54. The van der Waals surface area contributed by atoms with E-state index in [1.165, 1.54) is 27.8 Å². The van der Waals surface area contributed by atoms with Crippen LogP contribution in [0, 0.1) is 27.7 Å². The molecule has 0 bridgehead atoms. The van der Waals surface area contributed by atoms with Gasteiger partial charge in [-0.25, -0.2) is 0 Å². The summed E-state index contributed by atoms with van der Waals surface area (Å²) in [5.41, 5.74) is 11.8. The van der Waals surface area contributed by atoms with Gasteiger partial charge in [-0.15, -0.1) is 0 Å². The van der Waals surface area contributed by atoms with Crippen molar-refractivity contribution in [3.8, 4) is 0 Å². The van der Waals surface area contributed by atoms with E-state index in [1.807, 2.05) is 0 Å². The zero-order valence-corrected chi connectivity index (χ0v) is 11.0. The number of rotatable bonds is 4. The first-order valence-electron chi connectivity index (χ1n) is 5.89. The number of benzene rings is 1. The lowest BCUT2D eigenvalue weighted by Gasteiger charge is -2.16. The Morgan fingerprint density at radius 2 is 1.71 bits per heavy atom. The van der Waals surface area contributed by atoms with Gasteiger partial charge in [-0.3, -0.25) is 4.79 Å². The summed E-state index contributed by atoms with van der Waals surface area (Å²) in [7, 11) is 0. The molecule has 0 heterocycles. The summed E-state index contributed by atoms with van der Waals surface area (Å²) in [5.74, 6) is -0.926. The van der Waals surface area contributed by atoms with Crippen LogP contribution in [0.5, 0.6) is 0 Å². The second-order valence-corrected chi connectivity index (χ2v) is 4.72. The zero-order chi connectivity index (χ0) is 13.2. The molecule has 0 aliphatic heterocycles. The Morgan fingerprint density at radius 1 is 1.24 bits per heavy atom. The molecular weight excluding hydrogens is 214 g/mol. The van der Waals surface area contributed by atoms with Crippen molar-refractivity contribution in [2.75, 3.05) is 0 Å². The number of hydrogen-bond acceptors (Lipinski definition) is 2. The summed E-state index contributed by atoms with van der Waals surface area (Å²) in [5, 5.41) is 8.78. The van der Waals surface area contributed by atoms with Crippen LogP contribution in [-0.4, -0.2) is 17.1 Å². The molecule has 0 saturated heterocycles. The molecule has 1 rings (SSSR count). The van der Waals surface area contributed by atoms with Crippen LogP contribution in [0.15, 0.2) is 6.07 Å². The van der Waals surface area contributed by atoms with Gasteiger partial charge < -0.3 is 10.8 Å². The van der Waals surface area contributed by atoms with E-state index >= 15 is 0 Å². The molecule has 3 heteroatoms. The van der Waals surface area contributed by atoms with Gasteiger partial charge in [0.25, 0.3) is 0 Å². The summed E-state index contributed by atoms with van der Waals surface area (Å²) < 4.78 is 0. The molecule has 3 nitrogen and oxygen atoms in total. The molecule has 0 radical (unpaired) electrons. The number of aryl methyl sites for hydroxylation is 2. The van der Waals surface area contributed by atoms with Crippen molar-refractivity contribution in [1.29, 1.82) is 0 Å². The van der Waals surface area contributed by atoms with Gasteiger partial charge in [-0.1, -0.05) is 6.07 Å². The fourth-order valence-corrected chi connectivity index (χ4v) is 2.10. The van der Waals surface area contributed by atoms with Crippen molar-refractivity contribution in [3.05, 3.63) is 33.9 Å². The molecule has 1 atom stereocenters. The third kappa shape index (κ3) is 3.07. The fraction of sp³-hybridized carbons (Fsp3) is 0.500. The van der Waals surface area contributed by atoms with E-state index < -0.39 is 12.0 Å². The highest BCUT2D eigenvalue weighted by molar-refractivity contribution is 5.73. The van der Waals surface area contributed by atoms with Crippen molar-refractivity contribution >= 4 is 5.97 Å². The number of carboxylic acid groups (broad SMARTS) is 1. The maximum absolute atomic E-state index is 10.7. The molecule has 0 saturated carbocycles. The molecule has 0 amide bonds. The second kappa shape index (κ2) is 5.32. The largest absolute Gasteiger partial charge is 0.480 e. The van der Waals surface area contributed by atoms with Crippen LogP contribution in [0.3, 0.4) is 0 Å². The van der Waals surface area contributed by atoms with Gasteiger partial charge in [0.05, 0.1) is 0 Å². The van der Waals surface area contributed by atoms with Crippen LogP contribution >= 0.6 is 0 Å². The van der Waals surface area contributed by atoms with Crippen LogP contribution in [-0.2, 0) is 11.2 Å². The average molecular weight is 235 g/mol. The molecule has 1 aromatic rings. The normalized spacial score (nSPS) is 12.5. The molecule has 0 fully saturated rings. The van der Waals surface area contributed by atoms with E-state index in [4.69, 9.17) is 10.8 Å². The average Bonchev–Trinajstić information content (AvgIpc) is 2.26. The molecule has 94 valence electrons. The minimum Gasteiger partial charge on any atom is -0.480 e. The Kier molecular flexibility index (Phi) is 4.29. The Hall–Kier alpha value is -1.35. The summed E-state index contributed by atoms with van der Waals surface area (Å²) in [6.45, 7) is 8.34. The van der Waals surface area contributed by atoms with Gasteiger partial charge >= 0.3 is 5.97 Å². The number of carbonyl (C=O) groups is 1. The molecule has 1 unspecified atom stereocenters. The molecule has 0 aliphatic rings. The molecule has 0 aliphatic carbocycles. The van der Waals surface area contributed by atoms with E-state index in [-0.39, 0.29) is 0 Å². The monoisotopic (exact) mass is 235 g/mol. The van der Waals surface area contributed by atoms with Crippen molar-refractivity contribution in [2.45, 2.75) is 46.6 Å². The molecular formula is C14H21NO2. The number of nitrogens with two attached hydrogens (primary N) is 1. The van der Waals surface area contributed by atoms with E-state index in [2.05, 4.69) is 33.8 Å². The standard InChI is InChI=1S/C14H21NO2/c1-8-7-9(2)11(4)12(10(8)3)5-6-13(15)14(16)17/h7,13H,5-6,15H2,1-4H3,(H,16,17). The molecule has 0 spiro atoms. The summed E-state index contributed by atoms with van der Waals surface area (Å²) in [6, 6.07) is 1.40. The first-order chi connectivity index (χ1) is 7.84. The molecule has 17 heavy (non-hydrogen) atoms. The van der Waals surface area contributed by atoms with Gasteiger partial charge in [0.1, 0.15) is 6.04 Å². The van der Waals surface area contributed by atoms with Gasteiger partial charge in [0.2, 0.25) is 0 Å². The summed E-state index contributed by atoms with van der Waals surface area (Å²) >= 11 is 0. The predicted octanol–water partition coefficient (Wildman–Crippen LogP) is 2.26. The van der Waals surface area contributed by atoms with Crippen LogP contribution < -0.4 is 5.73 Å². The van der Waals surface area contributed by atoms with Crippen LogP contribution in [0.1, 0.15) is 34.2 Å². The minimum absolute atomic E-state index is 0.486. The van der Waals surface area contributed by atoms with E-state index in [0.717, 1.165) is 6.42 Å². The number of carboxylic acids is 1. The Labute approximate surface area is 103 Å². The van der Waals surface area contributed by atoms with Crippen LogP contribution in [0.25, 0.3) is 0 Å². The summed E-state index contributed by atoms with van der Waals surface area (Å²) in [6.07, 6.45) is 1.22. The number of hydrogen-bond donors (Lipinski definition) is 2. The van der Waals surface area contributed by atoms with Gasteiger partial charge in [-0.2, -0.15) is 0 Å². The van der Waals surface area contributed by atoms with Crippen LogP contribution in [0.2, 0.25) is 0 Å². The van der Waals surface area contributed by atoms with E-state index in [0.29, 0.717) is 6.42 Å². The Bertz CT molecular complexity index is 412. The van der Waals surface area contributed by atoms with E-state index in [9.17, 15) is 4.79 Å². The minimum atomic E-state index is -0.926. The van der Waals surface area contributed by atoms with Crippen molar-refractivity contribution in [3.63, 3.8) is 0 Å². The van der Waals surface area contributed by atoms with Crippen molar-refractivity contribution in [2.24, 2.45) is 5.73 Å². The first kappa shape index (κ1) is 13.7. The van der Waals surface area contributed by atoms with Crippen molar-refractivity contribution in [1.82, 2.24) is 0 Å². The lowest BCUT2D eigenvalue weighted by atomic mass is 9.90. The van der Waals surface area contributed by atoms with Crippen LogP contribution in [0.4, 0.5) is 0 Å². The second-order valence-electron chi connectivity index (χ2n) is 4.72. The summed E-state index contributed by atoms with van der Waals surface area (Å²) in [4.78, 5) is 10.7. The Morgan fingerprint density at radius 3 is 2.12 bits per heavy atom. The quantitative estimate of drug-likeness (QED) is 0.841. The zero-order valence-electron chi connectivity index (χ0n) is 11.0. The smallest absolute Gasteiger partial charge is 0.320 e. The van der Waals surface area contributed by atoms with Crippen molar-refractivity contribution < 1.29 is 9.90 Å². The molecule has 3 N–H and O–H groups in total. The molecule has 0 aromatic heterocycles. The highest BCUT2D eigenvalue weighted by Crippen LogP contribution is 2.23. The highest BCUT2D eigenvalue weighted by Gasteiger charge is 2.14. The number of aliphatic carboxylic acids is 1. The molecule has 1 aromatic carbocycles. The lowest BCUT2D eigenvalue weighted by Crippen LogP contribution is -2.30. The predicted molar refractivity (Wildman–Crippen MR) is 69.3 cm³/mol. The fourth-order valence-electron chi connectivity index (χ4n) is 2.10. The third-order valence-electron chi connectivity index (χ3n) is 3.54.